The van der Waals surface area contributed by atoms with Crippen molar-refractivity contribution in [3.63, 3.8) is 0 Å². The molecule has 0 saturated carbocycles. The highest BCUT2D eigenvalue weighted by Crippen LogP contribution is 2.47. The van der Waals surface area contributed by atoms with Crippen molar-refractivity contribution >= 4 is 35.5 Å². The Balaban J connectivity index is 1.61. The van der Waals surface area contributed by atoms with E-state index in [4.69, 9.17) is 13.9 Å². The Morgan fingerprint density at radius 1 is 1.21 bits per heavy atom. The number of aliphatic carboxylic acids is 1. The minimum Gasteiger partial charge on any atom is -0.477 e. The molecule has 11 heteroatoms. The zero-order valence-electron chi connectivity index (χ0n) is 18.2. The number of nitrogens with one attached hydrogen (secondary N) is 1. The van der Waals surface area contributed by atoms with Gasteiger partial charge in [-0.1, -0.05) is 30.3 Å². The van der Waals surface area contributed by atoms with Crippen molar-refractivity contribution in [2.45, 2.75) is 31.1 Å². The quantitative estimate of drug-likeness (QED) is 0.308. The Morgan fingerprint density at radius 2 is 1.97 bits per heavy atom. The third-order valence-electron chi connectivity index (χ3n) is 5.31. The number of esters is 1. The molecule has 2 atom stereocenters. The molecule has 2 N–H and O–H groups in total. The first-order valence-electron chi connectivity index (χ1n) is 10.4. The van der Waals surface area contributed by atoms with Gasteiger partial charge in [-0.05, 0) is 17.7 Å². The molecule has 0 radical (unpaired) electrons. The second kappa shape index (κ2) is 9.74. The number of benzene rings is 1. The Morgan fingerprint density at radius 3 is 2.62 bits per heavy atom. The summed E-state index contributed by atoms with van der Waals surface area (Å²) in [6.07, 6.45) is 1.32. The lowest BCUT2D eigenvalue weighted by molar-refractivity contribution is -0.201. The first kappa shape index (κ1) is 23.6. The van der Waals surface area contributed by atoms with Crippen LogP contribution in [0, 0.1) is 0 Å². The van der Waals surface area contributed by atoms with Gasteiger partial charge < -0.3 is 24.3 Å². The highest BCUT2D eigenvalue weighted by molar-refractivity contribution is 8.00. The van der Waals surface area contributed by atoms with Gasteiger partial charge in [-0.15, -0.1) is 11.8 Å². The van der Waals surface area contributed by atoms with Gasteiger partial charge in [0.15, 0.2) is 0 Å². The summed E-state index contributed by atoms with van der Waals surface area (Å²) in [6, 6.07) is 12.4. The lowest BCUT2D eigenvalue weighted by Crippen LogP contribution is -2.81. The largest absolute Gasteiger partial charge is 0.477 e. The maximum Gasteiger partial charge on any atom is 0.352 e. The van der Waals surface area contributed by atoms with E-state index >= 15 is 0 Å². The monoisotopic (exact) mass is 486 g/mol. The van der Waals surface area contributed by atoms with E-state index in [0.29, 0.717) is 5.76 Å². The average Bonchev–Trinajstić information content (AvgIpc) is 3.32. The third-order valence-corrected chi connectivity index (χ3v) is 6.69. The number of thioether (sulfide) groups is 1. The summed E-state index contributed by atoms with van der Waals surface area (Å²) in [6.45, 7) is 0.986. The Kier molecular flexibility index (Phi) is 6.75. The van der Waals surface area contributed by atoms with Crippen LogP contribution in [0.15, 0.2) is 64.4 Å². The summed E-state index contributed by atoms with van der Waals surface area (Å²) < 4.78 is 16.2. The fourth-order valence-corrected chi connectivity index (χ4v) is 5.16. The topological polar surface area (TPSA) is 135 Å². The van der Waals surface area contributed by atoms with Crippen molar-refractivity contribution in [2.75, 3.05) is 12.4 Å². The van der Waals surface area contributed by atoms with Crippen LogP contribution in [0.5, 0.6) is 0 Å². The number of carbonyl (C=O) groups is 4. The van der Waals surface area contributed by atoms with Gasteiger partial charge in [0.25, 0.3) is 11.6 Å². The number of carboxylic acid groups (broad SMARTS) is 1. The molecule has 34 heavy (non-hydrogen) atoms. The van der Waals surface area contributed by atoms with Crippen molar-refractivity contribution in [2.24, 2.45) is 0 Å². The van der Waals surface area contributed by atoms with E-state index in [9.17, 15) is 24.3 Å². The molecule has 2 amide bonds. The molecule has 2 aliphatic heterocycles. The van der Waals surface area contributed by atoms with Crippen LogP contribution < -0.4 is 5.32 Å². The van der Waals surface area contributed by atoms with Crippen LogP contribution in [0.1, 0.15) is 18.2 Å². The molecule has 2 aliphatic rings. The number of β-lactam (4-membered cyclic amide) rings is 1. The fourth-order valence-electron chi connectivity index (χ4n) is 3.77. The van der Waals surface area contributed by atoms with Crippen molar-refractivity contribution in [1.82, 2.24) is 10.2 Å². The summed E-state index contributed by atoms with van der Waals surface area (Å²) >= 11 is 1.22. The van der Waals surface area contributed by atoms with Crippen molar-refractivity contribution in [3.8, 4) is 0 Å². The van der Waals surface area contributed by atoms with Gasteiger partial charge in [-0.3, -0.25) is 19.3 Å². The Labute approximate surface area is 198 Å². The molecule has 1 fully saturated rings. The van der Waals surface area contributed by atoms with Gasteiger partial charge in [0, 0.05) is 18.2 Å². The van der Waals surface area contributed by atoms with Crippen LogP contribution in [-0.2, 0) is 41.7 Å². The van der Waals surface area contributed by atoms with Gasteiger partial charge in [-0.2, -0.15) is 0 Å². The number of furan rings is 1. The van der Waals surface area contributed by atoms with E-state index in [1.165, 1.54) is 24.9 Å². The van der Waals surface area contributed by atoms with E-state index in [2.05, 4.69) is 5.32 Å². The highest BCUT2D eigenvalue weighted by atomic mass is 32.2. The first-order valence-corrected chi connectivity index (χ1v) is 11.4. The normalized spacial score (nSPS) is 21.5. The Hall–Kier alpha value is -3.57. The SMILES string of the molecule is CC(=O)OCC1=C(C(=O)O)N2C(=O)C(NC(=O)Cc3ccco3)(OCc3ccccc3)[C@H]2SC1. The molecule has 4 rings (SSSR count). The van der Waals surface area contributed by atoms with Crippen LogP contribution in [0.3, 0.4) is 0 Å². The minimum absolute atomic E-state index is 0.0188. The molecular formula is C23H22N2O8S. The predicted octanol–water partition coefficient (Wildman–Crippen LogP) is 1.67. The van der Waals surface area contributed by atoms with E-state index < -0.39 is 34.9 Å². The zero-order chi connectivity index (χ0) is 24.3. The van der Waals surface area contributed by atoms with E-state index in [0.717, 1.165) is 10.5 Å². The lowest BCUT2D eigenvalue weighted by Gasteiger charge is -2.56. The fraction of sp³-hybridized carbons (Fsp3) is 0.304. The van der Waals surface area contributed by atoms with Crippen LogP contribution in [0.2, 0.25) is 0 Å². The number of amides is 2. The molecule has 10 nitrogen and oxygen atoms in total. The smallest absolute Gasteiger partial charge is 0.352 e. The van der Waals surface area contributed by atoms with Crippen molar-refractivity contribution in [3.05, 3.63) is 71.3 Å². The van der Waals surface area contributed by atoms with Crippen molar-refractivity contribution < 1.29 is 38.2 Å². The number of nitrogens with zero attached hydrogens (tertiary/aromatic N) is 1. The molecule has 2 aromatic rings. The summed E-state index contributed by atoms with van der Waals surface area (Å²) in [5, 5.41) is 11.7. The zero-order valence-corrected chi connectivity index (χ0v) is 19.0. The number of carbonyl (C=O) groups excluding carboxylic acids is 3. The standard InChI is InChI=1S/C23H22N2O8S/c1-14(26)32-12-16-13-34-22-23(21(30)25(22)19(16)20(28)29,33-11-15-6-3-2-4-7-15)24-18(27)10-17-8-5-9-31-17/h2-9,22H,10-13H2,1H3,(H,24,27)(H,28,29)/t22-,23?/m1/s1. The van der Waals surface area contributed by atoms with Crippen molar-refractivity contribution in [1.29, 1.82) is 0 Å². The maximum atomic E-state index is 13.4. The molecule has 0 spiro atoms. The highest BCUT2D eigenvalue weighted by Gasteiger charge is 2.67. The number of fused-ring (bicyclic) bond motifs is 1. The van der Waals surface area contributed by atoms with Gasteiger partial charge in [0.1, 0.15) is 23.4 Å². The van der Waals surface area contributed by atoms with Gasteiger partial charge in [-0.25, -0.2) is 4.79 Å². The Bertz CT molecular complexity index is 1130. The number of carboxylic acids is 1. The van der Waals surface area contributed by atoms with Gasteiger partial charge >= 0.3 is 11.9 Å². The predicted molar refractivity (Wildman–Crippen MR) is 119 cm³/mol. The molecule has 1 aromatic heterocycles. The van der Waals surface area contributed by atoms with E-state index in [-0.39, 0.29) is 36.7 Å². The van der Waals surface area contributed by atoms with E-state index in [1.54, 1.807) is 12.1 Å². The van der Waals surface area contributed by atoms with Crippen LogP contribution in [0.25, 0.3) is 0 Å². The lowest BCUT2D eigenvalue weighted by atomic mass is 9.97. The second-order valence-electron chi connectivity index (χ2n) is 7.69. The average molecular weight is 487 g/mol. The first-order chi connectivity index (χ1) is 16.3. The number of ether oxygens (including phenoxy) is 2. The molecule has 1 saturated heterocycles. The van der Waals surface area contributed by atoms with Gasteiger partial charge in [0.2, 0.25) is 5.91 Å². The van der Waals surface area contributed by atoms with Gasteiger partial charge in [0.05, 0.1) is 19.3 Å². The number of hydrogen-bond donors (Lipinski definition) is 2. The van der Waals surface area contributed by atoms with Crippen LogP contribution in [-0.4, -0.2) is 57.2 Å². The molecular weight excluding hydrogens is 464 g/mol. The maximum absolute atomic E-state index is 13.4. The minimum atomic E-state index is -1.77. The van der Waals surface area contributed by atoms with Crippen LogP contribution >= 0.6 is 11.8 Å². The molecule has 1 aromatic carbocycles. The third kappa shape index (κ3) is 4.57. The molecule has 178 valence electrons. The summed E-state index contributed by atoms with van der Waals surface area (Å²) in [7, 11) is 0. The number of rotatable bonds is 9. The molecule has 3 heterocycles. The summed E-state index contributed by atoms with van der Waals surface area (Å²) in [4.78, 5) is 50.5. The van der Waals surface area contributed by atoms with E-state index in [1.807, 2.05) is 30.3 Å². The molecule has 0 aliphatic carbocycles. The van der Waals surface area contributed by atoms with Crippen LogP contribution in [0.4, 0.5) is 0 Å². The summed E-state index contributed by atoms with van der Waals surface area (Å²) in [5.41, 5.74) is -0.971. The number of hydrogen-bond acceptors (Lipinski definition) is 8. The second-order valence-corrected chi connectivity index (χ2v) is 8.76. The molecule has 0 bridgehead atoms. The molecule has 1 unspecified atom stereocenters. The summed E-state index contributed by atoms with van der Waals surface area (Å²) in [5.74, 6) is -2.54.